The van der Waals surface area contributed by atoms with E-state index in [2.05, 4.69) is 49.6 Å². The molecular formula is C12H17IN2O. The van der Waals surface area contributed by atoms with Crippen molar-refractivity contribution in [2.75, 3.05) is 32.8 Å². The van der Waals surface area contributed by atoms with Crippen LogP contribution in [0.2, 0.25) is 0 Å². The number of rotatable bonds is 2. The first kappa shape index (κ1) is 11.3. The molecule has 0 radical (unpaired) electrons. The maximum absolute atomic E-state index is 5.39. The summed E-state index contributed by atoms with van der Waals surface area (Å²) in [5, 5.41) is 0. The third-order valence-corrected chi connectivity index (χ3v) is 5.43. The standard InChI is InChI=1S/C12H17IN2O/c1-10-8-12(3-2-11(12)15(10)13)9-14-4-6-16-7-5-14/h10-11H,4-9H2,1H3/t10-,11-,12-/m1/s1. The summed E-state index contributed by atoms with van der Waals surface area (Å²) in [5.74, 6) is 6.78. The van der Waals surface area contributed by atoms with Gasteiger partial charge in [0.2, 0.25) is 0 Å². The SMILES string of the molecule is C[C@@H]1C[C@@]2(CN3CCOCC3)C#C[C@H]2N1I. The minimum absolute atomic E-state index is 0.262. The van der Waals surface area contributed by atoms with E-state index in [-0.39, 0.29) is 5.41 Å². The van der Waals surface area contributed by atoms with Crippen molar-refractivity contribution in [3.63, 3.8) is 0 Å². The van der Waals surface area contributed by atoms with Gasteiger partial charge < -0.3 is 4.74 Å². The average molecular weight is 332 g/mol. The minimum atomic E-state index is 0.262. The van der Waals surface area contributed by atoms with Crippen LogP contribution in [0.4, 0.5) is 0 Å². The summed E-state index contributed by atoms with van der Waals surface area (Å²) in [7, 11) is 0. The predicted octanol–water partition coefficient (Wildman–Crippen LogP) is 1.13. The zero-order valence-corrected chi connectivity index (χ0v) is 11.7. The van der Waals surface area contributed by atoms with Gasteiger partial charge in [0.25, 0.3) is 0 Å². The van der Waals surface area contributed by atoms with Crippen LogP contribution in [0.5, 0.6) is 0 Å². The van der Waals surface area contributed by atoms with Gasteiger partial charge >= 0.3 is 0 Å². The van der Waals surface area contributed by atoms with E-state index in [9.17, 15) is 0 Å². The Hall–Kier alpha value is 0.170. The molecule has 0 unspecified atom stereocenters. The van der Waals surface area contributed by atoms with Crippen LogP contribution in [0.3, 0.4) is 0 Å². The van der Waals surface area contributed by atoms with E-state index in [1.807, 2.05) is 0 Å². The molecule has 2 aliphatic heterocycles. The Morgan fingerprint density at radius 2 is 2.19 bits per heavy atom. The highest BCUT2D eigenvalue weighted by Crippen LogP contribution is 2.46. The van der Waals surface area contributed by atoms with Gasteiger partial charge in [-0.05, 0) is 13.3 Å². The van der Waals surface area contributed by atoms with E-state index in [1.54, 1.807) is 0 Å². The van der Waals surface area contributed by atoms with Gasteiger partial charge in [0.1, 0.15) is 0 Å². The van der Waals surface area contributed by atoms with Gasteiger partial charge in [0, 0.05) is 48.5 Å². The molecular weight excluding hydrogens is 315 g/mol. The van der Waals surface area contributed by atoms with Crippen LogP contribution < -0.4 is 0 Å². The molecule has 0 aromatic rings. The Bertz CT molecular complexity index is 345. The highest BCUT2D eigenvalue weighted by molar-refractivity contribution is 14.1. The van der Waals surface area contributed by atoms with Crippen LogP contribution >= 0.6 is 22.9 Å². The first-order valence-electron chi connectivity index (χ1n) is 5.98. The second kappa shape index (κ2) is 4.13. The zero-order chi connectivity index (χ0) is 11.2. The van der Waals surface area contributed by atoms with Crippen LogP contribution in [-0.2, 0) is 4.74 Å². The van der Waals surface area contributed by atoms with Gasteiger partial charge in [-0.25, -0.2) is 3.11 Å². The molecule has 3 nitrogen and oxygen atoms in total. The highest BCUT2D eigenvalue weighted by atomic mass is 127. The number of nitrogens with zero attached hydrogens (tertiary/aromatic N) is 2. The van der Waals surface area contributed by atoms with E-state index >= 15 is 0 Å². The minimum Gasteiger partial charge on any atom is -0.379 e. The van der Waals surface area contributed by atoms with Crippen LogP contribution in [0.25, 0.3) is 0 Å². The quantitative estimate of drug-likeness (QED) is 0.428. The molecule has 3 aliphatic rings. The van der Waals surface area contributed by atoms with E-state index in [0.717, 1.165) is 32.8 Å². The molecule has 0 amide bonds. The molecule has 0 aromatic heterocycles. The lowest BCUT2D eigenvalue weighted by Gasteiger charge is -2.39. The maximum atomic E-state index is 5.39. The molecule has 4 heteroatoms. The number of morpholine rings is 1. The third kappa shape index (κ3) is 1.69. The van der Waals surface area contributed by atoms with Crippen molar-refractivity contribution < 1.29 is 4.74 Å². The molecule has 0 spiro atoms. The van der Waals surface area contributed by atoms with Crippen molar-refractivity contribution in [2.24, 2.45) is 5.41 Å². The summed E-state index contributed by atoms with van der Waals surface area (Å²) in [6.45, 7) is 7.36. The van der Waals surface area contributed by atoms with Crippen molar-refractivity contribution >= 4 is 22.9 Å². The summed E-state index contributed by atoms with van der Waals surface area (Å²) in [6, 6.07) is 1.14. The van der Waals surface area contributed by atoms with Crippen molar-refractivity contribution in [3.8, 4) is 11.8 Å². The Balaban J connectivity index is 1.69. The molecule has 88 valence electrons. The van der Waals surface area contributed by atoms with Crippen molar-refractivity contribution in [1.82, 2.24) is 8.01 Å². The summed E-state index contributed by atoms with van der Waals surface area (Å²) in [4.78, 5) is 2.52. The third-order valence-electron chi connectivity index (χ3n) is 3.92. The lowest BCUT2D eigenvalue weighted by molar-refractivity contribution is 0.0221. The van der Waals surface area contributed by atoms with E-state index in [4.69, 9.17) is 4.74 Å². The Morgan fingerprint density at radius 1 is 1.44 bits per heavy atom. The van der Waals surface area contributed by atoms with Gasteiger partial charge in [-0.15, -0.1) is 0 Å². The monoisotopic (exact) mass is 332 g/mol. The van der Waals surface area contributed by atoms with Crippen LogP contribution in [0, 0.1) is 17.3 Å². The fraction of sp³-hybridized carbons (Fsp3) is 0.833. The molecule has 1 aliphatic carbocycles. The van der Waals surface area contributed by atoms with Gasteiger partial charge in [-0.1, -0.05) is 11.8 Å². The normalized spacial score (nSPS) is 43.4. The van der Waals surface area contributed by atoms with Gasteiger partial charge in [0.15, 0.2) is 0 Å². The van der Waals surface area contributed by atoms with E-state index < -0.39 is 0 Å². The lowest BCUT2D eigenvalue weighted by atomic mass is 9.73. The molecule has 3 atom stereocenters. The highest BCUT2D eigenvalue weighted by Gasteiger charge is 2.53. The second-order valence-electron chi connectivity index (χ2n) is 5.11. The molecule has 2 fully saturated rings. The predicted molar refractivity (Wildman–Crippen MR) is 71.2 cm³/mol. The largest absolute Gasteiger partial charge is 0.379 e. The molecule has 2 saturated heterocycles. The van der Waals surface area contributed by atoms with E-state index in [0.29, 0.717) is 12.1 Å². The Morgan fingerprint density at radius 3 is 2.75 bits per heavy atom. The van der Waals surface area contributed by atoms with Gasteiger partial charge in [-0.2, -0.15) is 0 Å². The summed E-state index contributed by atoms with van der Waals surface area (Å²) < 4.78 is 7.81. The van der Waals surface area contributed by atoms with Crippen LogP contribution in [0.15, 0.2) is 0 Å². The lowest BCUT2D eigenvalue weighted by Crippen LogP contribution is -2.50. The molecule has 0 saturated carbocycles. The molecule has 0 aromatic carbocycles. The second-order valence-corrected chi connectivity index (χ2v) is 6.23. The molecule has 2 heterocycles. The summed E-state index contributed by atoms with van der Waals surface area (Å²) in [5.41, 5.74) is 0.262. The summed E-state index contributed by atoms with van der Waals surface area (Å²) >= 11 is 2.44. The first-order valence-corrected chi connectivity index (χ1v) is 6.95. The van der Waals surface area contributed by atoms with Gasteiger partial charge in [0.05, 0.1) is 24.7 Å². The number of halogens is 1. The fourth-order valence-electron chi connectivity index (χ4n) is 3.02. The molecule has 3 rings (SSSR count). The van der Waals surface area contributed by atoms with E-state index in [1.165, 1.54) is 6.42 Å². The summed E-state index contributed by atoms with van der Waals surface area (Å²) in [6.07, 6.45) is 1.23. The number of fused-ring (bicyclic) bond motifs is 1. The Kier molecular flexibility index (Phi) is 2.91. The first-order chi connectivity index (χ1) is 7.71. The van der Waals surface area contributed by atoms with Crippen molar-refractivity contribution in [1.29, 1.82) is 0 Å². The van der Waals surface area contributed by atoms with Crippen molar-refractivity contribution in [3.05, 3.63) is 0 Å². The van der Waals surface area contributed by atoms with Crippen LogP contribution in [0.1, 0.15) is 13.3 Å². The number of ether oxygens (including phenoxy) is 1. The Labute approximate surface area is 111 Å². The maximum Gasteiger partial charge on any atom is 0.0984 e. The average Bonchev–Trinajstić information content (AvgIpc) is 2.41. The number of hydrogen-bond donors (Lipinski definition) is 0. The molecule has 0 bridgehead atoms. The van der Waals surface area contributed by atoms with Crippen LogP contribution in [-0.4, -0.2) is 52.9 Å². The number of hydrogen-bond acceptors (Lipinski definition) is 3. The topological polar surface area (TPSA) is 15.7 Å². The zero-order valence-electron chi connectivity index (χ0n) is 9.58. The molecule has 16 heavy (non-hydrogen) atoms. The molecule has 0 N–H and O–H groups in total. The smallest absolute Gasteiger partial charge is 0.0984 e. The van der Waals surface area contributed by atoms with Crippen molar-refractivity contribution in [2.45, 2.75) is 25.4 Å². The van der Waals surface area contributed by atoms with Gasteiger partial charge in [-0.3, -0.25) is 4.90 Å². The fourth-order valence-corrected chi connectivity index (χ4v) is 3.89.